The third-order valence-electron chi connectivity index (χ3n) is 8.66. The molecule has 2 rings (SSSR count). The van der Waals surface area contributed by atoms with Crippen molar-refractivity contribution >= 4 is 16.1 Å². The molecule has 0 aliphatic carbocycles. The number of hydrogen-bond acceptors (Lipinski definition) is 4. The lowest BCUT2D eigenvalue weighted by atomic mass is 10.2. The quantitative estimate of drug-likeness (QED) is 0.249. The van der Waals surface area contributed by atoms with Crippen molar-refractivity contribution < 1.29 is 8.83 Å². The van der Waals surface area contributed by atoms with Crippen LogP contribution in [0.2, 0.25) is 33.2 Å². The summed E-state index contributed by atoms with van der Waals surface area (Å²) in [5, 5.41) is 0. The molecule has 0 spiro atoms. The average molecular weight is 599 g/mol. The molecule has 42 heavy (non-hydrogen) atoms. The van der Waals surface area contributed by atoms with E-state index in [2.05, 4.69) is 130 Å². The predicted octanol–water partition coefficient (Wildman–Crippen LogP) is 8.14. The lowest BCUT2D eigenvalue weighted by molar-refractivity contribution is 0.507. The molecule has 0 amide bonds. The molecule has 0 unspecified atom stereocenters. The molecule has 0 atom stereocenters. The van der Waals surface area contributed by atoms with E-state index in [0.29, 0.717) is 44.4 Å². The summed E-state index contributed by atoms with van der Waals surface area (Å²) in [6.07, 6.45) is 2.78. The van der Waals surface area contributed by atoms with E-state index in [1.807, 2.05) is 0 Å². The Balaban J connectivity index is 2.44. The zero-order chi connectivity index (χ0) is 31.8. The van der Waals surface area contributed by atoms with Gasteiger partial charge < -0.3 is 8.83 Å². The van der Waals surface area contributed by atoms with Gasteiger partial charge in [-0.05, 0) is 69.1 Å². The lowest BCUT2D eigenvalue weighted by Crippen LogP contribution is -2.43. The first-order chi connectivity index (χ1) is 19.6. The highest BCUT2D eigenvalue weighted by atomic mass is 28.3. The van der Waals surface area contributed by atoms with Gasteiger partial charge in [0.1, 0.15) is 39.8 Å². The van der Waals surface area contributed by atoms with Gasteiger partial charge in [0.2, 0.25) is 0 Å². The van der Waals surface area contributed by atoms with E-state index in [4.69, 9.17) is 8.83 Å². The molecule has 0 saturated heterocycles. The van der Waals surface area contributed by atoms with Crippen LogP contribution in [0.4, 0.5) is 0 Å². The van der Waals surface area contributed by atoms with Crippen LogP contribution in [0.1, 0.15) is 105 Å². The fourth-order valence-corrected chi connectivity index (χ4v) is 17.0. The first-order valence-corrected chi connectivity index (χ1v) is 19.4. The summed E-state index contributed by atoms with van der Waals surface area (Å²) in [7, 11) is -3.88. The van der Waals surface area contributed by atoms with Gasteiger partial charge in [-0.2, -0.15) is 0 Å². The van der Waals surface area contributed by atoms with Crippen LogP contribution >= 0.6 is 0 Å². The molecule has 4 nitrogen and oxygen atoms in total. The summed E-state index contributed by atoms with van der Waals surface area (Å²) in [4.78, 5) is 24.6. The Kier molecular flexibility index (Phi) is 12.1. The van der Waals surface area contributed by atoms with Crippen molar-refractivity contribution in [2.75, 3.05) is 0 Å². The zero-order valence-electron chi connectivity index (χ0n) is 27.4. The molecule has 2 heterocycles. The molecule has 222 valence electrons. The lowest BCUT2D eigenvalue weighted by Gasteiger charge is -2.38. The maximum atomic E-state index is 12.3. The first kappa shape index (κ1) is 34.8. The van der Waals surface area contributed by atoms with E-state index in [-0.39, 0.29) is 11.1 Å². The Morgan fingerprint density at radius 2 is 0.786 bits per heavy atom. The Labute approximate surface area is 255 Å². The summed E-state index contributed by atoms with van der Waals surface area (Å²) < 4.78 is 10.4. The molecule has 0 radical (unpaired) electrons. The van der Waals surface area contributed by atoms with Crippen molar-refractivity contribution in [2.45, 2.75) is 116 Å². The highest BCUT2D eigenvalue weighted by molar-refractivity contribution is 6.91. The molecule has 0 bridgehead atoms. The summed E-state index contributed by atoms with van der Waals surface area (Å²) in [5.74, 6) is 17.4. The Bertz CT molecular complexity index is 1460. The second kappa shape index (κ2) is 14.6. The molecule has 2 aromatic heterocycles. The average Bonchev–Trinajstić information content (AvgIpc) is 2.89. The van der Waals surface area contributed by atoms with Crippen LogP contribution in [-0.4, -0.2) is 16.1 Å². The second-order valence-electron chi connectivity index (χ2n) is 12.9. The topological polar surface area (TPSA) is 60.4 Å². The largest absolute Gasteiger partial charge is 0.429 e. The minimum atomic E-state index is -1.94. The fourth-order valence-electron chi connectivity index (χ4n) is 6.59. The molecular weight excluding hydrogens is 553 g/mol. The van der Waals surface area contributed by atoms with Crippen LogP contribution in [-0.2, 0) is 0 Å². The van der Waals surface area contributed by atoms with Crippen LogP contribution in [0.15, 0.2) is 43.1 Å². The number of hydrogen-bond donors (Lipinski definition) is 0. The van der Waals surface area contributed by atoms with Crippen LogP contribution in [0.3, 0.4) is 0 Å². The van der Waals surface area contributed by atoms with Crippen molar-refractivity contribution in [3.8, 4) is 46.6 Å². The van der Waals surface area contributed by atoms with Crippen molar-refractivity contribution in [1.82, 2.24) is 0 Å². The maximum absolute atomic E-state index is 12.3. The van der Waals surface area contributed by atoms with Crippen molar-refractivity contribution in [2.24, 2.45) is 0 Å². The van der Waals surface area contributed by atoms with Crippen molar-refractivity contribution in [3.05, 3.63) is 67.8 Å². The molecule has 0 N–H and O–H groups in total. The van der Waals surface area contributed by atoms with Crippen LogP contribution in [0.5, 0.6) is 0 Å². The molecule has 0 aromatic carbocycles. The molecule has 0 aliphatic rings. The van der Waals surface area contributed by atoms with Gasteiger partial charge >= 0.3 is 11.3 Å². The molecule has 2 aromatic rings. The van der Waals surface area contributed by atoms with Gasteiger partial charge in [-0.15, -0.1) is 11.1 Å². The smallest absolute Gasteiger partial charge is 0.351 e. The van der Waals surface area contributed by atoms with E-state index < -0.39 is 27.4 Å². The normalized spacial score (nSPS) is 11.6. The van der Waals surface area contributed by atoms with Crippen molar-refractivity contribution in [3.63, 3.8) is 0 Å². The van der Waals surface area contributed by atoms with E-state index in [1.165, 1.54) is 12.5 Å². The SMILES string of the molecule is CC(C)[Si](C#Cc1coc(=O)c(C#CC#Cc2cc(C#C[Si](C(C)C)(C(C)C)C(C)C)coc2=O)c1)(C(C)C)C(C)C. The standard InChI is InChI=1S/C36H46O4Si2/c1-25(2)41(26(3)4,27(5)6)19-17-31-21-33(35(37)39-23-31)15-13-14-16-34-22-32(24-40-36(34)38)18-20-42(28(7)8,29(9)10)30(11)12/h21-30H,1-12H3. The predicted molar refractivity (Wildman–Crippen MR) is 180 cm³/mol. The molecule has 0 fully saturated rings. The van der Waals surface area contributed by atoms with Crippen LogP contribution in [0, 0.1) is 46.6 Å². The molecule has 6 heteroatoms. The maximum Gasteiger partial charge on any atom is 0.351 e. The van der Waals surface area contributed by atoms with E-state index in [9.17, 15) is 9.59 Å². The fraction of sp³-hybridized carbons (Fsp3) is 0.500. The third kappa shape index (κ3) is 7.69. The van der Waals surface area contributed by atoms with Crippen LogP contribution < -0.4 is 11.3 Å². The Hall–Kier alpha value is -3.43. The third-order valence-corrected chi connectivity index (χ3v) is 21.2. The van der Waals surface area contributed by atoms with E-state index in [0.717, 1.165) is 0 Å². The molecular formula is C36H46O4Si2. The zero-order valence-corrected chi connectivity index (χ0v) is 29.4. The van der Waals surface area contributed by atoms with Gasteiger partial charge in [0.25, 0.3) is 0 Å². The summed E-state index contributed by atoms with van der Waals surface area (Å²) in [6.45, 7) is 27.0. The van der Waals surface area contributed by atoms with Crippen molar-refractivity contribution in [1.29, 1.82) is 0 Å². The highest BCUT2D eigenvalue weighted by Crippen LogP contribution is 2.41. The van der Waals surface area contributed by atoms with Crippen LogP contribution in [0.25, 0.3) is 0 Å². The highest BCUT2D eigenvalue weighted by Gasteiger charge is 2.42. The van der Waals surface area contributed by atoms with Gasteiger partial charge in [0, 0.05) is 0 Å². The minimum Gasteiger partial charge on any atom is -0.429 e. The van der Waals surface area contributed by atoms with E-state index in [1.54, 1.807) is 12.1 Å². The van der Waals surface area contributed by atoms with Gasteiger partial charge in [-0.3, -0.25) is 0 Å². The monoisotopic (exact) mass is 598 g/mol. The minimum absolute atomic E-state index is 0.172. The van der Waals surface area contributed by atoms with Gasteiger partial charge in [-0.25, -0.2) is 9.59 Å². The molecule has 0 saturated carbocycles. The number of rotatable bonds is 6. The summed E-state index contributed by atoms with van der Waals surface area (Å²) in [5.41, 5.74) is 10.6. The van der Waals surface area contributed by atoms with Gasteiger partial charge in [-0.1, -0.05) is 94.9 Å². The Morgan fingerprint density at radius 1 is 0.500 bits per heavy atom. The van der Waals surface area contributed by atoms with Gasteiger partial charge in [0.05, 0.1) is 11.1 Å². The summed E-state index contributed by atoms with van der Waals surface area (Å²) >= 11 is 0. The van der Waals surface area contributed by atoms with E-state index >= 15 is 0 Å². The first-order valence-electron chi connectivity index (χ1n) is 14.9. The Morgan fingerprint density at radius 3 is 1.05 bits per heavy atom. The summed E-state index contributed by atoms with van der Waals surface area (Å²) in [6, 6.07) is 3.29. The molecule has 0 aliphatic heterocycles. The second-order valence-corrected chi connectivity index (χ2v) is 24.0. The van der Waals surface area contributed by atoms with Gasteiger partial charge in [0.15, 0.2) is 0 Å².